The molecule has 0 aliphatic carbocycles. The molecule has 4 heteroatoms. The first-order valence-corrected chi connectivity index (χ1v) is 12.6. The van der Waals surface area contributed by atoms with E-state index in [1.807, 2.05) is 0 Å². The quantitative estimate of drug-likeness (QED) is 0.287. The molecule has 2 rings (SSSR count). The van der Waals surface area contributed by atoms with E-state index in [-0.39, 0.29) is 12.4 Å². The van der Waals surface area contributed by atoms with Gasteiger partial charge in [-0.15, -0.1) is 11.8 Å². The SMILES string of the molecule is CCCCCCCCSC[n+]1cn(CCCCCCCC)c2ccccc21.[Cl-]. The first kappa shape index (κ1) is 25.4. The van der Waals surface area contributed by atoms with Crippen LogP contribution in [0.4, 0.5) is 0 Å². The van der Waals surface area contributed by atoms with Crippen molar-refractivity contribution < 1.29 is 17.0 Å². The minimum absolute atomic E-state index is 0. The lowest BCUT2D eigenvalue weighted by Crippen LogP contribution is -3.00. The van der Waals surface area contributed by atoms with Crippen molar-refractivity contribution in [3.05, 3.63) is 30.6 Å². The van der Waals surface area contributed by atoms with Crippen molar-refractivity contribution in [1.82, 2.24) is 4.57 Å². The number of aryl methyl sites for hydroxylation is 1. The number of halogens is 1. The van der Waals surface area contributed by atoms with Crippen LogP contribution in [0.3, 0.4) is 0 Å². The van der Waals surface area contributed by atoms with E-state index in [4.69, 9.17) is 0 Å². The number of imidazole rings is 1. The van der Waals surface area contributed by atoms with Gasteiger partial charge in [-0.2, -0.15) is 0 Å². The molecule has 0 bridgehead atoms. The summed E-state index contributed by atoms with van der Waals surface area (Å²) in [5.74, 6) is 2.37. The second-order valence-corrected chi connectivity index (χ2v) is 8.91. The van der Waals surface area contributed by atoms with Crippen LogP contribution in [-0.4, -0.2) is 10.3 Å². The van der Waals surface area contributed by atoms with Crippen LogP contribution in [0.1, 0.15) is 90.9 Å². The number of benzene rings is 1. The summed E-state index contributed by atoms with van der Waals surface area (Å²) >= 11 is 2.09. The molecular formula is C24H41ClN2S. The summed E-state index contributed by atoms with van der Waals surface area (Å²) in [7, 11) is 0. The largest absolute Gasteiger partial charge is 1.00 e. The topological polar surface area (TPSA) is 8.81 Å². The molecule has 1 aromatic carbocycles. The predicted octanol–water partition coefficient (Wildman–Crippen LogP) is 4.34. The highest BCUT2D eigenvalue weighted by atomic mass is 35.5. The monoisotopic (exact) mass is 424 g/mol. The van der Waals surface area contributed by atoms with E-state index in [1.165, 1.54) is 93.8 Å². The summed E-state index contributed by atoms with van der Waals surface area (Å²) in [6.07, 6.45) is 18.9. The fourth-order valence-electron chi connectivity index (χ4n) is 3.73. The zero-order chi connectivity index (χ0) is 19.2. The van der Waals surface area contributed by atoms with Crippen LogP contribution in [-0.2, 0) is 12.4 Å². The summed E-state index contributed by atoms with van der Waals surface area (Å²) in [5.41, 5.74) is 2.78. The van der Waals surface area contributed by atoms with E-state index in [0.29, 0.717) is 0 Å². The molecule has 0 radical (unpaired) electrons. The van der Waals surface area contributed by atoms with Crippen LogP contribution in [0.15, 0.2) is 30.6 Å². The van der Waals surface area contributed by atoms with Gasteiger partial charge < -0.3 is 12.4 Å². The standard InChI is InChI=1S/C24H41N2S.ClH/c1-3-5-7-9-11-15-19-25-21-26(24-18-14-13-17-23(24)25)22-27-20-16-12-10-8-6-4-2;/h13-14,17-18,21H,3-12,15-16,19-20,22H2,1-2H3;1H/q+1;/p-1. The molecule has 0 saturated heterocycles. The Bertz CT molecular complexity index is 626. The normalized spacial score (nSPS) is 11.1. The number of hydrogen-bond donors (Lipinski definition) is 0. The molecule has 1 aromatic heterocycles. The van der Waals surface area contributed by atoms with Gasteiger partial charge in [0, 0.05) is 0 Å². The average molecular weight is 425 g/mol. The van der Waals surface area contributed by atoms with Crippen molar-refractivity contribution in [2.75, 3.05) is 5.75 Å². The molecule has 0 atom stereocenters. The number of para-hydroxylation sites is 2. The van der Waals surface area contributed by atoms with Crippen molar-refractivity contribution in [2.45, 2.75) is 103 Å². The lowest BCUT2D eigenvalue weighted by molar-refractivity contribution is -0.650. The van der Waals surface area contributed by atoms with Gasteiger partial charge in [-0.05, 0) is 37.1 Å². The first-order chi connectivity index (χ1) is 13.4. The van der Waals surface area contributed by atoms with E-state index in [1.54, 1.807) is 0 Å². The molecule has 2 aromatic rings. The molecule has 0 amide bonds. The molecular weight excluding hydrogens is 384 g/mol. The Morgan fingerprint density at radius 1 is 0.786 bits per heavy atom. The minimum atomic E-state index is 0. The summed E-state index contributed by atoms with van der Waals surface area (Å²) in [4.78, 5) is 0. The first-order valence-electron chi connectivity index (χ1n) is 11.4. The van der Waals surface area contributed by atoms with Gasteiger partial charge in [0.05, 0.1) is 6.54 Å². The Hall–Kier alpha value is -0.670. The third-order valence-corrected chi connectivity index (χ3v) is 6.44. The molecule has 28 heavy (non-hydrogen) atoms. The number of nitrogens with zero attached hydrogens (tertiary/aromatic N) is 2. The maximum atomic E-state index is 2.47. The minimum Gasteiger partial charge on any atom is -1.00 e. The number of thioether (sulfide) groups is 1. The summed E-state index contributed by atoms with van der Waals surface area (Å²) in [5, 5.41) is 0. The Kier molecular flexibility index (Phi) is 14.6. The zero-order valence-corrected chi connectivity index (χ0v) is 19.7. The fourth-order valence-corrected chi connectivity index (χ4v) is 4.67. The van der Waals surface area contributed by atoms with Crippen molar-refractivity contribution in [1.29, 1.82) is 0 Å². The van der Waals surface area contributed by atoms with Crippen molar-refractivity contribution in [3.8, 4) is 0 Å². The number of hydrogen-bond acceptors (Lipinski definition) is 1. The summed E-state index contributed by atoms with van der Waals surface area (Å²) < 4.78 is 4.93. The second-order valence-electron chi connectivity index (χ2n) is 7.84. The van der Waals surface area contributed by atoms with Gasteiger partial charge in [0.15, 0.2) is 11.0 Å². The summed E-state index contributed by atoms with van der Waals surface area (Å²) in [6, 6.07) is 8.90. The number of fused-ring (bicyclic) bond motifs is 1. The zero-order valence-electron chi connectivity index (χ0n) is 18.2. The van der Waals surface area contributed by atoms with Crippen molar-refractivity contribution in [2.24, 2.45) is 0 Å². The highest BCUT2D eigenvalue weighted by molar-refractivity contribution is 7.98. The summed E-state index contributed by atoms with van der Waals surface area (Å²) in [6.45, 7) is 5.73. The van der Waals surface area contributed by atoms with Gasteiger partial charge in [0.25, 0.3) is 0 Å². The van der Waals surface area contributed by atoms with Crippen molar-refractivity contribution in [3.63, 3.8) is 0 Å². The van der Waals surface area contributed by atoms with Crippen LogP contribution < -0.4 is 17.0 Å². The fraction of sp³-hybridized carbons (Fsp3) is 0.708. The van der Waals surface area contributed by atoms with Crippen molar-refractivity contribution >= 4 is 22.8 Å². The molecule has 0 fully saturated rings. The molecule has 0 spiro atoms. The van der Waals surface area contributed by atoms with Gasteiger partial charge >= 0.3 is 0 Å². The number of unbranched alkanes of at least 4 members (excludes halogenated alkanes) is 10. The number of aromatic nitrogens is 2. The average Bonchev–Trinajstić information content (AvgIpc) is 3.05. The van der Waals surface area contributed by atoms with E-state index in [0.717, 1.165) is 12.4 Å². The van der Waals surface area contributed by atoms with Gasteiger partial charge in [-0.1, -0.05) is 83.8 Å². The molecule has 0 aliphatic rings. The van der Waals surface area contributed by atoms with E-state index in [2.05, 4.69) is 65.3 Å². The molecule has 0 saturated carbocycles. The number of rotatable bonds is 16. The maximum Gasteiger partial charge on any atom is 0.245 e. The molecule has 0 aliphatic heterocycles. The van der Waals surface area contributed by atoms with Gasteiger partial charge in [-0.25, -0.2) is 9.13 Å². The van der Waals surface area contributed by atoms with E-state index < -0.39 is 0 Å². The van der Waals surface area contributed by atoms with E-state index >= 15 is 0 Å². The molecule has 0 unspecified atom stereocenters. The highest BCUT2D eigenvalue weighted by Gasteiger charge is 2.14. The Morgan fingerprint density at radius 2 is 1.39 bits per heavy atom. The van der Waals surface area contributed by atoms with Gasteiger partial charge in [0.2, 0.25) is 6.33 Å². The van der Waals surface area contributed by atoms with Crippen LogP contribution in [0, 0.1) is 0 Å². The molecule has 160 valence electrons. The van der Waals surface area contributed by atoms with Gasteiger partial charge in [0.1, 0.15) is 5.88 Å². The third-order valence-electron chi connectivity index (χ3n) is 5.40. The van der Waals surface area contributed by atoms with Crippen LogP contribution >= 0.6 is 11.8 Å². The maximum absolute atomic E-state index is 2.47. The van der Waals surface area contributed by atoms with Crippen LogP contribution in [0.5, 0.6) is 0 Å². The Labute approximate surface area is 183 Å². The Morgan fingerprint density at radius 3 is 2.11 bits per heavy atom. The molecule has 2 nitrogen and oxygen atoms in total. The second kappa shape index (κ2) is 16.2. The smallest absolute Gasteiger partial charge is 0.245 e. The van der Waals surface area contributed by atoms with Crippen LogP contribution in [0.25, 0.3) is 11.0 Å². The lowest BCUT2D eigenvalue weighted by Gasteiger charge is -2.01. The van der Waals surface area contributed by atoms with Crippen LogP contribution in [0.2, 0.25) is 0 Å². The lowest BCUT2D eigenvalue weighted by atomic mass is 10.1. The van der Waals surface area contributed by atoms with E-state index in [9.17, 15) is 0 Å². The Balaban J connectivity index is 0.00000392. The molecule has 1 heterocycles. The molecule has 0 N–H and O–H groups in total. The third kappa shape index (κ3) is 9.22. The van der Waals surface area contributed by atoms with Gasteiger partial charge in [-0.3, -0.25) is 0 Å². The predicted molar refractivity (Wildman–Crippen MR) is 121 cm³/mol. The highest BCUT2D eigenvalue weighted by Crippen LogP contribution is 2.15.